The molecule has 0 aliphatic carbocycles. The van der Waals surface area contributed by atoms with Crippen molar-refractivity contribution in [3.8, 4) is 45.0 Å². The molecule has 0 saturated carbocycles. The topological polar surface area (TPSA) is 35.9 Å². The van der Waals surface area contributed by atoms with Gasteiger partial charge in [-0.05, 0) is 76.9 Å². The highest BCUT2D eigenvalue weighted by molar-refractivity contribution is 6.26. The molecule has 0 aliphatic heterocycles. The monoisotopic (exact) mass is 727 g/mol. The summed E-state index contributed by atoms with van der Waals surface area (Å²) >= 11 is 0. The first-order valence-electron chi connectivity index (χ1n) is 19.4. The van der Waals surface area contributed by atoms with Gasteiger partial charge < -0.3 is 8.98 Å². The highest BCUT2D eigenvalue weighted by atomic mass is 16.3. The fourth-order valence-electron chi connectivity index (χ4n) is 8.97. The number of aromatic nitrogens is 3. The number of para-hydroxylation sites is 5. The lowest BCUT2D eigenvalue weighted by Crippen LogP contribution is -2.00. The molecule has 0 fully saturated rings. The van der Waals surface area contributed by atoms with Gasteiger partial charge in [0.2, 0.25) is 0 Å². The van der Waals surface area contributed by atoms with Crippen molar-refractivity contribution in [3.05, 3.63) is 200 Å². The molecule has 12 aromatic rings. The standard InChI is InChI=1S/C53H33N3O/c1-3-14-34(15-4-1)35-26-28-36(29-27-35)37-32-45(43-22-13-21-42-40-19-9-12-25-49(40)57-53(42)43)54-50(33-37)56-47-24-11-8-20-44(47)51-48(56)31-30-41-39-18-7-10-23-46(39)55(52(41)51)38-16-5-2-6-17-38/h1-33H. The lowest BCUT2D eigenvalue weighted by atomic mass is 9.99. The van der Waals surface area contributed by atoms with E-state index in [0.29, 0.717) is 0 Å². The Hall–Kier alpha value is -7.69. The van der Waals surface area contributed by atoms with Crippen molar-refractivity contribution >= 4 is 65.6 Å². The first kappa shape index (κ1) is 31.6. The van der Waals surface area contributed by atoms with Crippen molar-refractivity contribution in [1.82, 2.24) is 14.1 Å². The largest absolute Gasteiger partial charge is 0.455 e. The molecule has 0 saturated heterocycles. The van der Waals surface area contributed by atoms with Crippen LogP contribution in [0.2, 0.25) is 0 Å². The molecule has 4 heterocycles. The first-order valence-corrected chi connectivity index (χ1v) is 19.4. The van der Waals surface area contributed by atoms with Gasteiger partial charge in [0.1, 0.15) is 17.0 Å². The summed E-state index contributed by atoms with van der Waals surface area (Å²) in [6.07, 6.45) is 0. The van der Waals surface area contributed by atoms with E-state index in [1.54, 1.807) is 0 Å². The van der Waals surface area contributed by atoms with Crippen LogP contribution in [-0.4, -0.2) is 14.1 Å². The molecule has 57 heavy (non-hydrogen) atoms. The summed E-state index contributed by atoms with van der Waals surface area (Å²) in [6, 6.07) is 71.3. The number of hydrogen-bond donors (Lipinski definition) is 0. The molecule has 0 amide bonds. The summed E-state index contributed by atoms with van der Waals surface area (Å²) in [5, 5.41) is 7.01. The second-order valence-corrected chi connectivity index (χ2v) is 14.7. The molecular formula is C53H33N3O. The van der Waals surface area contributed by atoms with Crippen LogP contribution in [-0.2, 0) is 0 Å². The third-order valence-electron chi connectivity index (χ3n) is 11.5. The summed E-state index contributed by atoms with van der Waals surface area (Å²) in [7, 11) is 0. The SMILES string of the molecule is c1ccc(-c2ccc(-c3cc(-c4cccc5c4oc4ccccc45)nc(-n4c5ccccc5c5c4ccc4c6ccccc6n(-c6ccccc6)c45)c3)cc2)cc1. The lowest BCUT2D eigenvalue weighted by Gasteiger charge is -2.14. The van der Waals surface area contributed by atoms with Gasteiger partial charge in [-0.3, -0.25) is 4.57 Å². The number of hydrogen-bond acceptors (Lipinski definition) is 2. The maximum absolute atomic E-state index is 6.60. The van der Waals surface area contributed by atoms with Crippen LogP contribution >= 0.6 is 0 Å². The minimum Gasteiger partial charge on any atom is -0.455 e. The molecule has 0 radical (unpaired) electrons. The second-order valence-electron chi connectivity index (χ2n) is 14.7. The number of nitrogens with zero attached hydrogens (tertiary/aromatic N) is 3. The van der Waals surface area contributed by atoms with Gasteiger partial charge in [-0.15, -0.1) is 0 Å². The number of pyridine rings is 1. The van der Waals surface area contributed by atoms with E-state index in [4.69, 9.17) is 9.40 Å². The molecule has 0 N–H and O–H groups in total. The Bertz CT molecular complexity index is 3500. The van der Waals surface area contributed by atoms with E-state index >= 15 is 0 Å². The van der Waals surface area contributed by atoms with Crippen molar-refractivity contribution in [3.63, 3.8) is 0 Å². The van der Waals surface area contributed by atoms with Crippen LogP contribution in [0.5, 0.6) is 0 Å². The zero-order chi connectivity index (χ0) is 37.5. The summed E-state index contributed by atoms with van der Waals surface area (Å²) in [6.45, 7) is 0. The Balaban J connectivity index is 1.16. The van der Waals surface area contributed by atoms with Gasteiger partial charge in [-0.25, -0.2) is 4.98 Å². The van der Waals surface area contributed by atoms with E-state index in [2.05, 4.69) is 197 Å². The van der Waals surface area contributed by atoms with Crippen LogP contribution in [0.1, 0.15) is 0 Å². The van der Waals surface area contributed by atoms with E-state index in [-0.39, 0.29) is 0 Å². The fourth-order valence-corrected chi connectivity index (χ4v) is 8.97. The van der Waals surface area contributed by atoms with Crippen LogP contribution in [0.4, 0.5) is 0 Å². The summed E-state index contributed by atoms with van der Waals surface area (Å²) in [5.74, 6) is 0.843. The zero-order valence-electron chi connectivity index (χ0n) is 30.8. The lowest BCUT2D eigenvalue weighted by molar-refractivity contribution is 0.670. The van der Waals surface area contributed by atoms with Crippen LogP contribution in [0, 0.1) is 0 Å². The maximum atomic E-state index is 6.60. The Morgan fingerprint density at radius 2 is 1.00 bits per heavy atom. The molecule has 12 rings (SSSR count). The maximum Gasteiger partial charge on any atom is 0.144 e. The third-order valence-corrected chi connectivity index (χ3v) is 11.5. The minimum absolute atomic E-state index is 0.838. The molecule has 4 heteroatoms. The predicted molar refractivity (Wildman–Crippen MR) is 237 cm³/mol. The van der Waals surface area contributed by atoms with Crippen LogP contribution in [0.3, 0.4) is 0 Å². The van der Waals surface area contributed by atoms with Gasteiger partial charge >= 0.3 is 0 Å². The Morgan fingerprint density at radius 3 is 1.79 bits per heavy atom. The van der Waals surface area contributed by atoms with E-state index in [9.17, 15) is 0 Å². The predicted octanol–water partition coefficient (Wildman–Crippen LogP) is 14.2. The highest BCUT2D eigenvalue weighted by Gasteiger charge is 2.22. The van der Waals surface area contributed by atoms with Gasteiger partial charge in [-0.2, -0.15) is 0 Å². The minimum atomic E-state index is 0.838. The molecule has 0 spiro atoms. The van der Waals surface area contributed by atoms with Crippen LogP contribution < -0.4 is 0 Å². The van der Waals surface area contributed by atoms with E-state index in [0.717, 1.165) is 66.9 Å². The number of furan rings is 1. The normalized spacial score (nSPS) is 11.9. The number of benzene rings is 8. The van der Waals surface area contributed by atoms with Crippen LogP contribution in [0.15, 0.2) is 205 Å². The van der Waals surface area contributed by atoms with E-state index in [1.807, 2.05) is 12.1 Å². The molecule has 0 unspecified atom stereocenters. The van der Waals surface area contributed by atoms with Gasteiger partial charge in [0.15, 0.2) is 0 Å². The fraction of sp³-hybridized carbons (Fsp3) is 0. The molecule has 0 aliphatic rings. The Morgan fingerprint density at radius 1 is 0.386 bits per heavy atom. The van der Waals surface area contributed by atoms with Gasteiger partial charge in [0, 0.05) is 43.6 Å². The van der Waals surface area contributed by atoms with Gasteiger partial charge in [-0.1, -0.05) is 146 Å². The van der Waals surface area contributed by atoms with Gasteiger partial charge in [0.05, 0.1) is 27.8 Å². The Labute approximate surface area is 328 Å². The molecule has 0 bridgehead atoms. The molecule has 8 aromatic carbocycles. The molecule has 4 nitrogen and oxygen atoms in total. The third kappa shape index (κ3) is 4.84. The zero-order valence-corrected chi connectivity index (χ0v) is 30.8. The Kier molecular flexibility index (Phi) is 6.89. The average Bonchev–Trinajstić information content (AvgIpc) is 3.95. The van der Waals surface area contributed by atoms with Crippen molar-refractivity contribution in [2.24, 2.45) is 0 Å². The second kappa shape index (κ2) is 12.4. The average molecular weight is 728 g/mol. The van der Waals surface area contributed by atoms with Crippen molar-refractivity contribution in [2.75, 3.05) is 0 Å². The molecular weight excluding hydrogens is 695 g/mol. The highest BCUT2D eigenvalue weighted by Crippen LogP contribution is 2.43. The quantitative estimate of drug-likeness (QED) is 0.177. The number of rotatable bonds is 5. The van der Waals surface area contributed by atoms with Crippen molar-refractivity contribution < 1.29 is 4.42 Å². The van der Waals surface area contributed by atoms with E-state index in [1.165, 1.54) is 43.7 Å². The molecule has 4 aromatic heterocycles. The van der Waals surface area contributed by atoms with Gasteiger partial charge in [0.25, 0.3) is 0 Å². The summed E-state index contributed by atoms with van der Waals surface area (Å²) in [4.78, 5) is 5.56. The van der Waals surface area contributed by atoms with Crippen LogP contribution in [0.25, 0.3) is 111 Å². The smallest absolute Gasteiger partial charge is 0.144 e. The number of fused-ring (bicyclic) bond motifs is 10. The summed E-state index contributed by atoms with van der Waals surface area (Å²) in [5.41, 5.74) is 13.8. The summed E-state index contributed by atoms with van der Waals surface area (Å²) < 4.78 is 11.4. The molecule has 266 valence electrons. The molecule has 0 atom stereocenters. The van der Waals surface area contributed by atoms with E-state index < -0.39 is 0 Å². The first-order chi connectivity index (χ1) is 28.3. The van der Waals surface area contributed by atoms with Crippen molar-refractivity contribution in [2.45, 2.75) is 0 Å². The van der Waals surface area contributed by atoms with Crippen molar-refractivity contribution in [1.29, 1.82) is 0 Å².